The molecule has 0 saturated carbocycles. The Balaban J connectivity index is 1.86. The van der Waals surface area contributed by atoms with Crippen LogP contribution in [0.5, 0.6) is 0 Å². The van der Waals surface area contributed by atoms with Crippen LogP contribution in [0, 0.1) is 0 Å². The summed E-state index contributed by atoms with van der Waals surface area (Å²) >= 11 is 0. The molecule has 188 valence electrons. The van der Waals surface area contributed by atoms with Crippen LogP contribution in [-0.2, 0) is 56.0 Å². The van der Waals surface area contributed by atoms with Crippen molar-refractivity contribution in [2.75, 3.05) is 6.61 Å². The highest BCUT2D eigenvalue weighted by atomic mass is 16.7. The minimum Gasteiger partial charge on any atom is -0.455 e. The Morgan fingerprint density at radius 3 is 1.74 bits per heavy atom. The van der Waals surface area contributed by atoms with E-state index in [1.165, 1.54) is 20.8 Å². The van der Waals surface area contributed by atoms with E-state index in [1.807, 2.05) is 60.7 Å². The first-order valence-corrected chi connectivity index (χ1v) is 11.3. The fourth-order valence-corrected chi connectivity index (χ4v) is 3.75. The second-order valence-electron chi connectivity index (χ2n) is 8.06. The third-order valence-corrected chi connectivity index (χ3v) is 5.16. The van der Waals surface area contributed by atoms with Crippen molar-refractivity contribution >= 4 is 17.9 Å². The summed E-state index contributed by atoms with van der Waals surface area (Å²) in [5.41, 5.74) is 1.83. The van der Waals surface area contributed by atoms with E-state index in [0.29, 0.717) is 6.61 Å². The van der Waals surface area contributed by atoms with E-state index in [9.17, 15) is 14.4 Å². The van der Waals surface area contributed by atoms with Crippen molar-refractivity contribution in [2.24, 2.45) is 0 Å². The zero-order valence-corrected chi connectivity index (χ0v) is 20.0. The van der Waals surface area contributed by atoms with Gasteiger partial charge >= 0.3 is 17.9 Å². The van der Waals surface area contributed by atoms with E-state index in [1.54, 1.807) is 0 Å². The quantitative estimate of drug-likeness (QED) is 0.370. The Bertz CT molecular complexity index is 963. The smallest absolute Gasteiger partial charge is 0.305 e. The van der Waals surface area contributed by atoms with Crippen LogP contribution in [0.1, 0.15) is 31.9 Å². The molecule has 0 N–H and O–H groups in total. The van der Waals surface area contributed by atoms with Crippen molar-refractivity contribution in [3.8, 4) is 0 Å². The lowest BCUT2D eigenvalue weighted by molar-refractivity contribution is -0.306. The van der Waals surface area contributed by atoms with Gasteiger partial charge in [-0.2, -0.15) is 0 Å². The number of ether oxygens (including phenoxy) is 6. The van der Waals surface area contributed by atoms with E-state index >= 15 is 0 Å². The molecule has 1 heterocycles. The molecule has 1 aliphatic heterocycles. The first kappa shape index (κ1) is 26.3. The Hall–Kier alpha value is -3.27. The third-order valence-electron chi connectivity index (χ3n) is 5.16. The number of carbonyl (C=O) groups is 3. The van der Waals surface area contributed by atoms with Crippen LogP contribution >= 0.6 is 0 Å². The highest BCUT2D eigenvalue weighted by Crippen LogP contribution is 2.30. The molecule has 0 spiro atoms. The van der Waals surface area contributed by atoms with Crippen molar-refractivity contribution in [1.82, 2.24) is 0 Å². The SMILES string of the molecule is CC(=O)OC1O[C@H](COCc2ccccc2)[C@@H](OCc2ccccc2)[C@H](OC(C)=O)[C@@H]1OC(C)=O. The molecule has 9 nitrogen and oxygen atoms in total. The molecule has 35 heavy (non-hydrogen) atoms. The third kappa shape index (κ3) is 8.17. The van der Waals surface area contributed by atoms with Crippen molar-refractivity contribution < 1.29 is 42.8 Å². The number of hydrogen-bond acceptors (Lipinski definition) is 9. The number of rotatable bonds is 10. The van der Waals surface area contributed by atoms with Crippen LogP contribution < -0.4 is 0 Å². The molecule has 0 aliphatic carbocycles. The number of hydrogen-bond donors (Lipinski definition) is 0. The Morgan fingerprint density at radius 1 is 0.686 bits per heavy atom. The number of esters is 3. The van der Waals surface area contributed by atoms with E-state index in [4.69, 9.17) is 28.4 Å². The van der Waals surface area contributed by atoms with Crippen LogP contribution in [0.2, 0.25) is 0 Å². The Labute approximate surface area is 204 Å². The van der Waals surface area contributed by atoms with Gasteiger partial charge in [-0.05, 0) is 11.1 Å². The van der Waals surface area contributed by atoms with Crippen molar-refractivity contribution in [3.05, 3.63) is 71.8 Å². The van der Waals surface area contributed by atoms with Gasteiger partial charge in [-0.25, -0.2) is 0 Å². The largest absolute Gasteiger partial charge is 0.455 e. The molecule has 0 amide bonds. The second kappa shape index (κ2) is 13.0. The van der Waals surface area contributed by atoms with Gasteiger partial charge in [0.2, 0.25) is 12.4 Å². The van der Waals surface area contributed by atoms with E-state index < -0.39 is 48.6 Å². The lowest BCUT2D eigenvalue weighted by Crippen LogP contribution is -2.62. The predicted octanol–water partition coefficient (Wildman–Crippen LogP) is 2.94. The van der Waals surface area contributed by atoms with Gasteiger partial charge < -0.3 is 28.4 Å². The summed E-state index contributed by atoms with van der Waals surface area (Å²) in [5.74, 6) is -1.93. The minimum atomic E-state index is -1.32. The number of benzene rings is 2. The predicted molar refractivity (Wildman–Crippen MR) is 123 cm³/mol. The maximum absolute atomic E-state index is 12.0. The highest BCUT2D eigenvalue weighted by molar-refractivity contribution is 5.68. The first-order valence-electron chi connectivity index (χ1n) is 11.3. The topological polar surface area (TPSA) is 107 Å². The maximum atomic E-state index is 12.0. The maximum Gasteiger partial charge on any atom is 0.305 e. The number of carbonyl (C=O) groups excluding carboxylic acids is 3. The second-order valence-corrected chi connectivity index (χ2v) is 8.06. The van der Waals surface area contributed by atoms with E-state index in [-0.39, 0.29) is 13.2 Å². The lowest BCUT2D eigenvalue weighted by atomic mass is 9.98. The Morgan fingerprint density at radius 2 is 1.20 bits per heavy atom. The van der Waals surface area contributed by atoms with Gasteiger partial charge in [0.25, 0.3) is 0 Å². The van der Waals surface area contributed by atoms with Crippen LogP contribution in [0.25, 0.3) is 0 Å². The molecule has 0 bridgehead atoms. The lowest BCUT2D eigenvalue weighted by Gasteiger charge is -2.44. The first-order chi connectivity index (χ1) is 16.8. The minimum absolute atomic E-state index is 0.0384. The molecular formula is C26H30O9. The summed E-state index contributed by atoms with van der Waals surface area (Å²) in [6.07, 6.45) is -5.34. The summed E-state index contributed by atoms with van der Waals surface area (Å²) < 4.78 is 34.2. The molecule has 0 radical (unpaired) electrons. The fraction of sp³-hybridized carbons (Fsp3) is 0.423. The van der Waals surface area contributed by atoms with Gasteiger partial charge in [0.15, 0.2) is 6.10 Å². The van der Waals surface area contributed by atoms with Gasteiger partial charge in [-0.15, -0.1) is 0 Å². The van der Waals surface area contributed by atoms with Crippen LogP contribution in [0.15, 0.2) is 60.7 Å². The normalized spacial score (nSPS) is 23.8. The van der Waals surface area contributed by atoms with Gasteiger partial charge in [-0.3, -0.25) is 14.4 Å². The molecule has 1 aliphatic rings. The summed E-state index contributed by atoms with van der Waals surface area (Å²) in [6.45, 7) is 4.15. The van der Waals surface area contributed by atoms with Crippen LogP contribution in [-0.4, -0.2) is 55.2 Å². The summed E-state index contributed by atoms with van der Waals surface area (Å²) in [4.78, 5) is 35.6. The Kier molecular flexibility index (Phi) is 9.77. The fourth-order valence-electron chi connectivity index (χ4n) is 3.75. The highest BCUT2D eigenvalue weighted by Gasteiger charge is 2.52. The molecule has 3 rings (SSSR count). The average molecular weight is 487 g/mol. The van der Waals surface area contributed by atoms with Gasteiger partial charge in [0.1, 0.15) is 12.2 Å². The molecule has 9 heteroatoms. The molecule has 2 aromatic rings. The van der Waals surface area contributed by atoms with Gasteiger partial charge in [-0.1, -0.05) is 60.7 Å². The van der Waals surface area contributed by atoms with E-state index in [0.717, 1.165) is 11.1 Å². The molecular weight excluding hydrogens is 456 g/mol. The summed E-state index contributed by atoms with van der Waals surface area (Å²) in [7, 11) is 0. The van der Waals surface area contributed by atoms with Crippen molar-refractivity contribution in [3.63, 3.8) is 0 Å². The van der Waals surface area contributed by atoms with Crippen molar-refractivity contribution in [1.29, 1.82) is 0 Å². The van der Waals surface area contributed by atoms with Crippen LogP contribution in [0.4, 0.5) is 0 Å². The monoisotopic (exact) mass is 486 g/mol. The van der Waals surface area contributed by atoms with Crippen LogP contribution in [0.3, 0.4) is 0 Å². The zero-order chi connectivity index (χ0) is 25.2. The molecule has 1 unspecified atom stereocenters. The van der Waals surface area contributed by atoms with Gasteiger partial charge in [0, 0.05) is 20.8 Å². The zero-order valence-electron chi connectivity index (χ0n) is 20.0. The molecule has 1 saturated heterocycles. The average Bonchev–Trinajstić information content (AvgIpc) is 2.81. The standard InChI is InChI=1S/C26H30O9/c1-17(27)32-24-23(31-15-21-12-8-5-9-13-21)22(16-30-14-20-10-6-4-7-11-20)35-26(34-19(3)29)25(24)33-18(2)28/h4-13,22-26H,14-16H2,1-3H3/t22-,23-,24+,25+,26?/m1/s1. The summed E-state index contributed by atoms with van der Waals surface area (Å²) in [6, 6.07) is 19.0. The van der Waals surface area contributed by atoms with E-state index in [2.05, 4.69) is 0 Å². The molecule has 5 atom stereocenters. The molecule has 0 aromatic heterocycles. The van der Waals surface area contributed by atoms with Crippen molar-refractivity contribution in [2.45, 2.75) is 64.7 Å². The molecule has 2 aromatic carbocycles. The summed E-state index contributed by atoms with van der Waals surface area (Å²) in [5, 5.41) is 0. The molecule has 1 fully saturated rings. The van der Waals surface area contributed by atoms with Gasteiger partial charge in [0.05, 0.1) is 19.8 Å².